The molecule has 0 spiro atoms. The number of hydrogen-bond donors (Lipinski definition) is 1. The van der Waals surface area contributed by atoms with Crippen molar-refractivity contribution in [2.75, 3.05) is 7.11 Å². The van der Waals surface area contributed by atoms with Crippen molar-refractivity contribution in [2.45, 2.75) is 19.1 Å². The van der Waals surface area contributed by atoms with Gasteiger partial charge >= 0.3 is 0 Å². The number of nitrogens with zero attached hydrogens (tertiary/aromatic N) is 1. The van der Waals surface area contributed by atoms with Crippen LogP contribution in [0.2, 0.25) is 10.0 Å². The van der Waals surface area contributed by atoms with E-state index in [1.165, 1.54) is 7.11 Å². The molecule has 0 saturated heterocycles. The monoisotopic (exact) mass is 378 g/mol. The van der Waals surface area contributed by atoms with Crippen LogP contribution in [0.1, 0.15) is 18.5 Å². The second-order valence-electron chi connectivity index (χ2n) is 5.12. The maximum absolute atomic E-state index is 12.4. The molecule has 2 aromatic rings. The van der Waals surface area contributed by atoms with Crippen molar-refractivity contribution >= 4 is 29.1 Å². The lowest BCUT2D eigenvalue weighted by Crippen LogP contribution is -2.38. The number of carbonyl (C=O) groups excluding carboxylic acids is 1. The molecule has 0 heterocycles. The van der Waals surface area contributed by atoms with E-state index in [-0.39, 0.29) is 5.02 Å². The van der Waals surface area contributed by atoms with E-state index in [1.54, 1.807) is 49.4 Å². The molecule has 0 bridgehead atoms. The molecule has 25 heavy (non-hydrogen) atoms. The normalized spacial score (nSPS) is 12.6. The first-order valence-electron chi connectivity index (χ1n) is 7.41. The molecule has 1 amide bonds. The molecule has 0 radical (unpaired) electrons. The molecule has 2 atom stereocenters. The lowest BCUT2D eigenvalue weighted by atomic mass is 10.1. The van der Waals surface area contributed by atoms with Gasteiger partial charge in [0, 0.05) is 5.56 Å². The van der Waals surface area contributed by atoms with Crippen LogP contribution in [0, 0.1) is 11.3 Å². The number of halogens is 2. The lowest BCUT2D eigenvalue weighted by Gasteiger charge is -2.19. The number of rotatable bonds is 6. The first-order chi connectivity index (χ1) is 12.0. The topological polar surface area (TPSA) is 71.3 Å². The molecule has 5 nitrogen and oxygen atoms in total. The first kappa shape index (κ1) is 18.9. The van der Waals surface area contributed by atoms with Gasteiger partial charge in [-0.2, -0.15) is 5.26 Å². The van der Waals surface area contributed by atoms with Gasteiger partial charge in [-0.3, -0.25) is 4.79 Å². The molecule has 7 heteroatoms. The zero-order chi connectivity index (χ0) is 18.4. The summed E-state index contributed by atoms with van der Waals surface area (Å²) in [4.78, 5) is 12.4. The third kappa shape index (κ3) is 4.56. The van der Waals surface area contributed by atoms with Crippen LogP contribution in [0.4, 0.5) is 0 Å². The summed E-state index contributed by atoms with van der Waals surface area (Å²) in [6.45, 7) is 1.56. The largest absolute Gasteiger partial charge is 0.496 e. The SMILES string of the molecule is COc1ccccc1C(C#N)NC(=O)C(C)Oc1cccc(Cl)c1Cl. The Labute approximate surface area is 156 Å². The summed E-state index contributed by atoms with van der Waals surface area (Å²) in [5.74, 6) is 0.344. The van der Waals surface area contributed by atoms with Crippen molar-refractivity contribution in [2.24, 2.45) is 0 Å². The minimum Gasteiger partial charge on any atom is -0.496 e. The van der Waals surface area contributed by atoms with Crippen LogP contribution in [-0.2, 0) is 4.79 Å². The van der Waals surface area contributed by atoms with Gasteiger partial charge in [-0.25, -0.2) is 0 Å². The third-order valence-electron chi connectivity index (χ3n) is 3.45. The Morgan fingerprint density at radius 3 is 2.52 bits per heavy atom. The standard InChI is InChI=1S/C18H16Cl2N2O3/c1-11(25-16-9-5-7-13(19)17(16)20)18(23)22-14(10-21)12-6-3-4-8-15(12)24-2/h3-9,11,14H,1-2H3,(H,22,23). The summed E-state index contributed by atoms with van der Waals surface area (Å²) in [7, 11) is 1.50. The molecule has 130 valence electrons. The summed E-state index contributed by atoms with van der Waals surface area (Å²) in [6, 6.07) is 13.1. The van der Waals surface area contributed by atoms with Gasteiger partial charge in [0.25, 0.3) is 5.91 Å². The summed E-state index contributed by atoms with van der Waals surface area (Å²) in [5.41, 5.74) is 0.564. The fraction of sp³-hybridized carbons (Fsp3) is 0.222. The molecule has 0 saturated carbocycles. The zero-order valence-electron chi connectivity index (χ0n) is 13.6. The maximum atomic E-state index is 12.4. The number of amides is 1. The minimum atomic E-state index is -0.874. The molecule has 0 aromatic heterocycles. The third-order valence-corrected chi connectivity index (χ3v) is 4.26. The van der Waals surface area contributed by atoms with E-state index in [9.17, 15) is 10.1 Å². The highest BCUT2D eigenvalue weighted by molar-refractivity contribution is 6.42. The molecule has 0 aliphatic carbocycles. The van der Waals surface area contributed by atoms with Gasteiger partial charge in [-0.05, 0) is 25.1 Å². The van der Waals surface area contributed by atoms with Gasteiger partial charge in [0.2, 0.25) is 0 Å². The molecular formula is C18H16Cl2N2O3. The number of carbonyl (C=O) groups is 1. The van der Waals surface area contributed by atoms with Gasteiger partial charge in [0.05, 0.1) is 18.2 Å². The second kappa shape index (κ2) is 8.61. The van der Waals surface area contributed by atoms with Gasteiger partial charge in [0.15, 0.2) is 6.10 Å². The van der Waals surface area contributed by atoms with Crippen LogP contribution in [0.3, 0.4) is 0 Å². The quantitative estimate of drug-likeness (QED) is 0.819. The summed E-state index contributed by atoms with van der Waals surface area (Å²) in [6.07, 6.45) is -0.874. The predicted molar refractivity (Wildman–Crippen MR) is 96.0 cm³/mol. The van der Waals surface area contributed by atoms with Crippen molar-refractivity contribution in [3.8, 4) is 17.6 Å². The molecule has 1 N–H and O–H groups in total. The van der Waals surface area contributed by atoms with E-state index in [0.717, 1.165) is 0 Å². The Balaban J connectivity index is 2.11. The van der Waals surface area contributed by atoms with Crippen molar-refractivity contribution in [3.05, 3.63) is 58.1 Å². The number of para-hydroxylation sites is 1. The fourth-order valence-electron chi connectivity index (χ4n) is 2.16. The van der Waals surface area contributed by atoms with Gasteiger partial charge < -0.3 is 14.8 Å². The van der Waals surface area contributed by atoms with Crippen LogP contribution in [-0.4, -0.2) is 19.1 Å². The molecule has 2 rings (SSSR count). The molecular weight excluding hydrogens is 363 g/mol. The average molecular weight is 379 g/mol. The van der Waals surface area contributed by atoms with Crippen LogP contribution in [0.15, 0.2) is 42.5 Å². The van der Waals surface area contributed by atoms with Gasteiger partial charge in [-0.15, -0.1) is 0 Å². The van der Waals surface area contributed by atoms with Crippen molar-refractivity contribution in [1.29, 1.82) is 5.26 Å². The average Bonchev–Trinajstić information content (AvgIpc) is 2.63. The van der Waals surface area contributed by atoms with Crippen LogP contribution in [0.5, 0.6) is 11.5 Å². The highest BCUT2D eigenvalue weighted by Gasteiger charge is 2.23. The van der Waals surface area contributed by atoms with Gasteiger partial charge in [-0.1, -0.05) is 47.5 Å². The molecule has 2 aromatic carbocycles. The van der Waals surface area contributed by atoms with E-state index in [4.69, 9.17) is 32.7 Å². The van der Waals surface area contributed by atoms with Crippen LogP contribution >= 0.6 is 23.2 Å². The fourth-order valence-corrected chi connectivity index (χ4v) is 2.50. The number of nitriles is 1. The van der Waals surface area contributed by atoms with Crippen LogP contribution < -0.4 is 14.8 Å². The highest BCUT2D eigenvalue weighted by atomic mass is 35.5. The van der Waals surface area contributed by atoms with E-state index >= 15 is 0 Å². The molecule has 0 aliphatic heterocycles. The first-order valence-corrected chi connectivity index (χ1v) is 8.17. The van der Waals surface area contributed by atoms with E-state index in [1.807, 2.05) is 6.07 Å². The zero-order valence-corrected chi connectivity index (χ0v) is 15.1. The van der Waals surface area contributed by atoms with Gasteiger partial charge in [0.1, 0.15) is 22.6 Å². The second-order valence-corrected chi connectivity index (χ2v) is 5.91. The molecule has 0 fully saturated rings. The maximum Gasteiger partial charge on any atom is 0.262 e. The predicted octanol–water partition coefficient (Wildman–Crippen LogP) is 4.15. The van der Waals surface area contributed by atoms with Crippen molar-refractivity contribution in [3.63, 3.8) is 0 Å². The van der Waals surface area contributed by atoms with E-state index in [0.29, 0.717) is 22.1 Å². The Hall–Kier alpha value is -2.42. The number of benzene rings is 2. The van der Waals surface area contributed by atoms with Crippen molar-refractivity contribution < 1.29 is 14.3 Å². The van der Waals surface area contributed by atoms with E-state index in [2.05, 4.69) is 5.32 Å². The number of nitrogens with one attached hydrogen (secondary N) is 1. The smallest absolute Gasteiger partial charge is 0.262 e. The van der Waals surface area contributed by atoms with E-state index < -0.39 is 18.1 Å². The lowest BCUT2D eigenvalue weighted by molar-refractivity contribution is -0.127. The Morgan fingerprint density at radius 1 is 1.16 bits per heavy atom. The number of ether oxygens (including phenoxy) is 2. The Bertz CT molecular complexity index is 805. The summed E-state index contributed by atoms with van der Waals surface area (Å²) >= 11 is 12.0. The molecule has 2 unspecified atom stereocenters. The number of hydrogen-bond acceptors (Lipinski definition) is 4. The summed E-state index contributed by atoms with van der Waals surface area (Å²) in [5, 5.41) is 12.6. The minimum absolute atomic E-state index is 0.227. The Kier molecular flexibility index (Phi) is 6.51. The highest BCUT2D eigenvalue weighted by Crippen LogP contribution is 2.32. The van der Waals surface area contributed by atoms with Crippen LogP contribution in [0.25, 0.3) is 0 Å². The molecule has 0 aliphatic rings. The Morgan fingerprint density at radius 2 is 1.84 bits per heavy atom. The number of methoxy groups -OCH3 is 1. The summed E-state index contributed by atoms with van der Waals surface area (Å²) < 4.78 is 10.8. The van der Waals surface area contributed by atoms with Crippen molar-refractivity contribution in [1.82, 2.24) is 5.32 Å².